The second kappa shape index (κ2) is 7.05. The summed E-state index contributed by atoms with van der Waals surface area (Å²) in [5.41, 5.74) is -0.292. The van der Waals surface area contributed by atoms with Crippen molar-refractivity contribution < 1.29 is 10.2 Å². The summed E-state index contributed by atoms with van der Waals surface area (Å²) in [6, 6.07) is 0. The van der Waals surface area contributed by atoms with Gasteiger partial charge in [-0.2, -0.15) is 0 Å². The molecule has 0 saturated heterocycles. The Morgan fingerprint density at radius 2 is 1.91 bits per heavy atom. The first-order chi connectivity index (χ1) is 10.4. The summed E-state index contributed by atoms with van der Waals surface area (Å²) in [6.07, 6.45) is 12.7. The van der Waals surface area contributed by atoms with Crippen LogP contribution in [0.1, 0.15) is 79.1 Å². The van der Waals surface area contributed by atoms with Crippen LogP contribution < -0.4 is 0 Å². The molecule has 2 heteroatoms. The Morgan fingerprint density at radius 3 is 2.55 bits per heavy atom. The summed E-state index contributed by atoms with van der Waals surface area (Å²) >= 11 is 0. The summed E-state index contributed by atoms with van der Waals surface area (Å²) in [5, 5.41) is 20.7. The maximum Gasteiger partial charge on any atom is 0.0822 e. The molecule has 2 rings (SSSR count). The predicted octanol–water partition coefficient (Wildman–Crippen LogP) is 4.70. The molecule has 2 saturated carbocycles. The molecule has 0 heterocycles. The zero-order valence-corrected chi connectivity index (χ0v) is 15.0. The molecule has 2 nitrogen and oxygen atoms in total. The fourth-order valence-corrected chi connectivity index (χ4v) is 5.28. The lowest BCUT2D eigenvalue weighted by Gasteiger charge is -2.45. The third-order valence-electron chi connectivity index (χ3n) is 7.01. The Kier molecular flexibility index (Phi) is 5.77. The summed E-state index contributed by atoms with van der Waals surface area (Å²) in [5.74, 6) is 1.86. The molecule has 5 atom stereocenters. The highest BCUT2D eigenvalue weighted by atomic mass is 16.3. The van der Waals surface area contributed by atoms with Crippen LogP contribution in [0, 0.1) is 23.2 Å². The average molecular weight is 309 g/mol. The maximum atomic E-state index is 10.4. The SMILES string of the molecule is CCC(O)(/C=C/C[C@H](C)C1CCC2[C@@H](O)CCC[C@]12C)CC. The summed E-state index contributed by atoms with van der Waals surface area (Å²) in [6.45, 7) is 8.87. The van der Waals surface area contributed by atoms with E-state index in [0.29, 0.717) is 23.2 Å². The molecule has 0 aliphatic heterocycles. The van der Waals surface area contributed by atoms with E-state index in [-0.39, 0.29) is 6.10 Å². The van der Waals surface area contributed by atoms with E-state index in [0.717, 1.165) is 25.7 Å². The molecule has 2 fully saturated rings. The van der Waals surface area contributed by atoms with Crippen LogP contribution in [0.15, 0.2) is 12.2 Å². The zero-order chi connectivity index (χ0) is 16.4. The second-order valence-corrected chi connectivity index (χ2v) is 8.18. The van der Waals surface area contributed by atoms with Gasteiger partial charge in [0.1, 0.15) is 0 Å². The number of allylic oxidation sites excluding steroid dienone is 1. The fourth-order valence-electron chi connectivity index (χ4n) is 5.28. The van der Waals surface area contributed by atoms with Gasteiger partial charge in [-0.15, -0.1) is 0 Å². The highest BCUT2D eigenvalue weighted by molar-refractivity contribution is 5.04. The van der Waals surface area contributed by atoms with Crippen LogP contribution in [0.3, 0.4) is 0 Å². The van der Waals surface area contributed by atoms with Crippen molar-refractivity contribution >= 4 is 0 Å². The van der Waals surface area contributed by atoms with Crippen molar-refractivity contribution in [2.75, 3.05) is 0 Å². The molecule has 2 N–H and O–H groups in total. The maximum absolute atomic E-state index is 10.4. The first kappa shape index (κ1) is 18.0. The van der Waals surface area contributed by atoms with Gasteiger partial charge in [0.15, 0.2) is 0 Å². The monoisotopic (exact) mass is 308 g/mol. The molecule has 0 aromatic carbocycles. The van der Waals surface area contributed by atoms with Gasteiger partial charge in [0.2, 0.25) is 0 Å². The van der Waals surface area contributed by atoms with Gasteiger partial charge in [0, 0.05) is 0 Å². The van der Waals surface area contributed by atoms with Gasteiger partial charge in [-0.1, -0.05) is 46.3 Å². The van der Waals surface area contributed by atoms with Crippen molar-refractivity contribution in [2.24, 2.45) is 23.2 Å². The largest absolute Gasteiger partial charge is 0.393 e. The summed E-state index contributed by atoms with van der Waals surface area (Å²) < 4.78 is 0. The number of fused-ring (bicyclic) bond motifs is 1. The quantitative estimate of drug-likeness (QED) is 0.698. The van der Waals surface area contributed by atoms with Crippen LogP contribution in [-0.2, 0) is 0 Å². The van der Waals surface area contributed by atoms with Crippen molar-refractivity contribution in [3.05, 3.63) is 12.2 Å². The average Bonchev–Trinajstić information content (AvgIpc) is 2.85. The normalized spacial score (nSPS) is 37.5. The third kappa shape index (κ3) is 3.43. The Morgan fingerprint density at radius 1 is 1.23 bits per heavy atom. The van der Waals surface area contributed by atoms with Crippen LogP contribution in [0.5, 0.6) is 0 Å². The Bertz CT molecular complexity index is 385. The standard InChI is InChI=1S/C20H36O2/c1-5-20(22,6-2)14-7-9-15(3)16-11-12-17-18(21)10-8-13-19(16,17)4/h7,14-18,21-22H,5-6,8-13H2,1-4H3/b14-7+/t15-,16?,17?,18-,19+/m0/s1. The first-order valence-electron chi connectivity index (χ1n) is 9.44. The molecule has 2 unspecified atom stereocenters. The van der Waals surface area contributed by atoms with E-state index in [4.69, 9.17) is 0 Å². The van der Waals surface area contributed by atoms with Gasteiger partial charge in [-0.05, 0) is 68.1 Å². The minimum Gasteiger partial charge on any atom is -0.393 e. The highest BCUT2D eigenvalue weighted by Gasteiger charge is 2.51. The predicted molar refractivity (Wildman–Crippen MR) is 92.6 cm³/mol. The summed E-state index contributed by atoms with van der Waals surface area (Å²) in [4.78, 5) is 0. The van der Waals surface area contributed by atoms with Crippen LogP contribution in [0.25, 0.3) is 0 Å². The topological polar surface area (TPSA) is 40.5 Å². The molecule has 2 aliphatic rings. The molecule has 0 amide bonds. The Hall–Kier alpha value is -0.340. The van der Waals surface area contributed by atoms with Crippen molar-refractivity contribution in [2.45, 2.75) is 90.8 Å². The van der Waals surface area contributed by atoms with Crippen LogP contribution >= 0.6 is 0 Å². The lowest BCUT2D eigenvalue weighted by Crippen LogP contribution is -2.41. The molecular formula is C20H36O2. The molecule has 22 heavy (non-hydrogen) atoms. The third-order valence-corrected chi connectivity index (χ3v) is 7.01. The van der Waals surface area contributed by atoms with E-state index in [1.807, 2.05) is 19.9 Å². The van der Waals surface area contributed by atoms with E-state index in [2.05, 4.69) is 19.9 Å². The van der Waals surface area contributed by atoms with Gasteiger partial charge in [0.25, 0.3) is 0 Å². The molecule has 128 valence electrons. The first-order valence-corrected chi connectivity index (χ1v) is 9.44. The van der Waals surface area contributed by atoms with E-state index in [1.165, 1.54) is 25.7 Å². The minimum absolute atomic E-state index is 0.0724. The van der Waals surface area contributed by atoms with Crippen LogP contribution in [0.4, 0.5) is 0 Å². The smallest absolute Gasteiger partial charge is 0.0822 e. The Balaban J connectivity index is 1.98. The van der Waals surface area contributed by atoms with E-state index >= 15 is 0 Å². The molecular weight excluding hydrogens is 272 g/mol. The van der Waals surface area contributed by atoms with Gasteiger partial charge in [0.05, 0.1) is 11.7 Å². The number of aliphatic hydroxyl groups is 2. The summed E-state index contributed by atoms with van der Waals surface area (Å²) in [7, 11) is 0. The van der Waals surface area contributed by atoms with Crippen LogP contribution in [-0.4, -0.2) is 21.9 Å². The second-order valence-electron chi connectivity index (χ2n) is 8.18. The lowest BCUT2D eigenvalue weighted by molar-refractivity contribution is -0.0266. The van der Waals surface area contributed by atoms with Gasteiger partial charge >= 0.3 is 0 Å². The van der Waals surface area contributed by atoms with Crippen molar-refractivity contribution in [3.8, 4) is 0 Å². The van der Waals surface area contributed by atoms with Gasteiger partial charge in [-0.3, -0.25) is 0 Å². The van der Waals surface area contributed by atoms with Crippen LogP contribution in [0.2, 0.25) is 0 Å². The van der Waals surface area contributed by atoms with E-state index < -0.39 is 5.60 Å². The lowest BCUT2D eigenvalue weighted by atomic mass is 9.61. The fraction of sp³-hybridized carbons (Fsp3) is 0.900. The molecule has 0 aromatic rings. The van der Waals surface area contributed by atoms with Crippen molar-refractivity contribution in [3.63, 3.8) is 0 Å². The zero-order valence-electron chi connectivity index (χ0n) is 15.0. The molecule has 0 radical (unpaired) electrons. The van der Waals surface area contributed by atoms with E-state index in [1.54, 1.807) is 0 Å². The molecule has 2 aliphatic carbocycles. The van der Waals surface area contributed by atoms with Gasteiger partial charge < -0.3 is 10.2 Å². The van der Waals surface area contributed by atoms with E-state index in [9.17, 15) is 10.2 Å². The minimum atomic E-state index is -0.622. The number of aliphatic hydroxyl groups excluding tert-OH is 1. The number of hydrogen-bond acceptors (Lipinski definition) is 2. The van der Waals surface area contributed by atoms with Crippen molar-refractivity contribution in [1.82, 2.24) is 0 Å². The highest BCUT2D eigenvalue weighted by Crippen LogP contribution is 2.58. The molecule has 0 bridgehead atoms. The molecule has 0 aromatic heterocycles. The number of rotatable bonds is 6. The molecule has 0 spiro atoms. The Labute approximate surface area is 137 Å². The number of hydrogen-bond donors (Lipinski definition) is 2. The van der Waals surface area contributed by atoms with Gasteiger partial charge in [-0.25, -0.2) is 0 Å². The van der Waals surface area contributed by atoms with Crippen molar-refractivity contribution in [1.29, 1.82) is 0 Å².